The SMILES string of the molecule is CCOc1ccc(CNc2c3c(nc4nc(C)nn24)CCC3)cc1OC. The third-order valence-electron chi connectivity index (χ3n) is 4.61. The highest BCUT2D eigenvalue weighted by atomic mass is 16.5. The second-order valence-corrected chi connectivity index (χ2v) is 6.38. The summed E-state index contributed by atoms with van der Waals surface area (Å²) in [7, 11) is 1.66. The Bertz CT molecular complexity index is 951. The lowest BCUT2D eigenvalue weighted by Gasteiger charge is -2.14. The van der Waals surface area contributed by atoms with Crippen molar-refractivity contribution in [1.29, 1.82) is 0 Å². The summed E-state index contributed by atoms with van der Waals surface area (Å²) in [5.74, 6) is 3.89. The molecule has 2 heterocycles. The molecule has 0 aliphatic heterocycles. The van der Waals surface area contributed by atoms with Gasteiger partial charge in [-0.1, -0.05) is 6.07 Å². The first kappa shape index (κ1) is 16.6. The zero-order valence-corrected chi connectivity index (χ0v) is 15.4. The molecule has 1 aliphatic rings. The van der Waals surface area contributed by atoms with Gasteiger partial charge in [0.15, 0.2) is 11.5 Å². The second-order valence-electron chi connectivity index (χ2n) is 6.38. The van der Waals surface area contributed by atoms with Gasteiger partial charge >= 0.3 is 0 Å². The maximum atomic E-state index is 5.59. The molecule has 1 N–H and O–H groups in total. The molecule has 7 heteroatoms. The van der Waals surface area contributed by atoms with E-state index in [4.69, 9.17) is 9.47 Å². The van der Waals surface area contributed by atoms with Gasteiger partial charge in [0.2, 0.25) is 0 Å². The monoisotopic (exact) mass is 353 g/mol. The summed E-state index contributed by atoms with van der Waals surface area (Å²) in [4.78, 5) is 9.09. The minimum Gasteiger partial charge on any atom is -0.493 e. The number of aromatic nitrogens is 4. The summed E-state index contributed by atoms with van der Waals surface area (Å²) >= 11 is 0. The van der Waals surface area contributed by atoms with E-state index in [1.165, 1.54) is 5.56 Å². The number of nitrogens with one attached hydrogen (secondary N) is 1. The molecule has 4 rings (SSSR count). The highest BCUT2D eigenvalue weighted by Crippen LogP contribution is 2.30. The second kappa shape index (κ2) is 6.82. The van der Waals surface area contributed by atoms with Crippen molar-refractivity contribution in [2.24, 2.45) is 0 Å². The fraction of sp³-hybridized carbons (Fsp3) is 0.421. The fourth-order valence-corrected chi connectivity index (χ4v) is 3.45. The van der Waals surface area contributed by atoms with Crippen LogP contribution in [0, 0.1) is 6.92 Å². The minimum absolute atomic E-state index is 0.612. The Balaban J connectivity index is 1.64. The van der Waals surface area contributed by atoms with Gasteiger partial charge in [0.05, 0.1) is 19.4 Å². The molecule has 0 fully saturated rings. The van der Waals surface area contributed by atoms with Crippen molar-refractivity contribution in [2.45, 2.75) is 39.7 Å². The first-order valence-electron chi connectivity index (χ1n) is 8.98. The van der Waals surface area contributed by atoms with Crippen molar-refractivity contribution < 1.29 is 9.47 Å². The highest BCUT2D eigenvalue weighted by molar-refractivity contribution is 5.55. The van der Waals surface area contributed by atoms with E-state index >= 15 is 0 Å². The van der Waals surface area contributed by atoms with Crippen LogP contribution in [0.3, 0.4) is 0 Å². The van der Waals surface area contributed by atoms with Crippen LogP contribution in [0.5, 0.6) is 11.5 Å². The fourth-order valence-electron chi connectivity index (χ4n) is 3.45. The molecule has 1 aliphatic carbocycles. The van der Waals surface area contributed by atoms with E-state index in [2.05, 4.69) is 20.4 Å². The van der Waals surface area contributed by atoms with Gasteiger partial charge in [-0.3, -0.25) is 0 Å². The molecule has 26 heavy (non-hydrogen) atoms. The van der Waals surface area contributed by atoms with Crippen molar-refractivity contribution in [3.8, 4) is 11.5 Å². The number of hydrogen-bond donors (Lipinski definition) is 1. The summed E-state index contributed by atoms with van der Waals surface area (Å²) in [6.07, 6.45) is 3.15. The van der Waals surface area contributed by atoms with Crippen molar-refractivity contribution in [1.82, 2.24) is 19.6 Å². The van der Waals surface area contributed by atoms with E-state index in [0.717, 1.165) is 53.7 Å². The zero-order valence-electron chi connectivity index (χ0n) is 15.4. The number of fused-ring (bicyclic) bond motifs is 2. The summed E-state index contributed by atoms with van der Waals surface area (Å²) in [5, 5.41) is 8.06. The number of hydrogen-bond acceptors (Lipinski definition) is 6. The zero-order chi connectivity index (χ0) is 18.1. The van der Waals surface area contributed by atoms with Crippen molar-refractivity contribution in [3.63, 3.8) is 0 Å². The van der Waals surface area contributed by atoms with E-state index in [1.54, 1.807) is 7.11 Å². The molecule has 0 saturated carbocycles. The summed E-state index contributed by atoms with van der Waals surface area (Å²) in [6, 6.07) is 6.00. The Morgan fingerprint density at radius 3 is 2.88 bits per heavy atom. The van der Waals surface area contributed by atoms with Crippen LogP contribution in [0.1, 0.15) is 36.0 Å². The number of aryl methyl sites for hydroxylation is 2. The third-order valence-corrected chi connectivity index (χ3v) is 4.61. The van der Waals surface area contributed by atoms with Gasteiger partial charge in [0.25, 0.3) is 5.78 Å². The molecule has 0 amide bonds. The molecule has 0 unspecified atom stereocenters. The highest BCUT2D eigenvalue weighted by Gasteiger charge is 2.21. The van der Waals surface area contributed by atoms with Crippen LogP contribution in [-0.2, 0) is 19.4 Å². The van der Waals surface area contributed by atoms with Crippen molar-refractivity contribution in [2.75, 3.05) is 19.0 Å². The summed E-state index contributed by atoms with van der Waals surface area (Å²) < 4.78 is 12.9. The number of anilines is 1. The Labute approximate surface area is 152 Å². The number of nitrogens with zero attached hydrogens (tertiary/aromatic N) is 4. The number of methoxy groups -OCH3 is 1. The van der Waals surface area contributed by atoms with Crippen LogP contribution in [0.15, 0.2) is 18.2 Å². The van der Waals surface area contributed by atoms with Gasteiger partial charge in [-0.05, 0) is 50.8 Å². The molecule has 136 valence electrons. The molecule has 0 bridgehead atoms. The molecule has 0 spiro atoms. The largest absolute Gasteiger partial charge is 0.493 e. The maximum absolute atomic E-state index is 5.59. The number of benzene rings is 1. The Hall–Kier alpha value is -2.83. The number of ether oxygens (including phenoxy) is 2. The molecule has 0 saturated heterocycles. The van der Waals surface area contributed by atoms with E-state index in [-0.39, 0.29) is 0 Å². The van der Waals surface area contributed by atoms with Crippen molar-refractivity contribution in [3.05, 3.63) is 40.8 Å². The Morgan fingerprint density at radius 2 is 2.08 bits per heavy atom. The minimum atomic E-state index is 0.612. The normalized spacial score (nSPS) is 13.0. The average Bonchev–Trinajstić information content (AvgIpc) is 3.25. The van der Waals surface area contributed by atoms with Gasteiger partial charge in [0.1, 0.15) is 11.6 Å². The first-order valence-corrected chi connectivity index (χ1v) is 8.98. The lowest BCUT2D eigenvalue weighted by atomic mass is 10.2. The van der Waals surface area contributed by atoms with E-state index in [9.17, 15) is 0 Å². The van der Waals surface area contributed by atoms with Gasteiger partial charge < -0.3 is 14.8 Å². The lowest BCUT2D eigenvalue weighted by Crippen LogP contribution is -2.10. The molecule has 2 aromatic heterocycles. The van der Waals surface area contributed by atoms with Gasteiger partial charge in [-0.25, -0.2) is 4.98 Å². The van der Waals surface area contributed by atoms with E-state index < -0.39 is 0 Å². The maximum Gasteiger partial charge on any atom is 0.254 e. The topological polar surface area (TPSA) is 73.6 Å². The molecule has 3 aromatic rings. The Morgan fingerprint density at radius 1 is 1.19 bits per heavy atom. The summed E-state index contributed by atoms with van der Waals surface area (Å²) in [6.45, 7) is 5.12. The average molecular weight is 353 g/mol. The molecular formula is C19H23N5O2. The van der Waals surface area contributed by atoms with Crippen LogP contribution in [-0.4, -0.2) is 33.3 Å². The predicted molar refractivity (Wildman–Crippen MR) is 99.0 cm³/mol. The van der Waals surface area contributed by atoms with Gasteiger partial charge in [-0.15, -0.1) is 5.10 Å². The van der Waals surface area contributed by atoms with Crippen molar-refractivity contribution >= 4 is 11.6 Å². The van der Waals surface area contributed by atoms with Crippen LogP contribution in [0.4, 0.5) is 5.82 Å². The van der Waals surface area contributed by atoms with Gasteiger partial charge in [0, 0.05) is 12.1 Å². The molecule has 1 aromatic carbocycles. The number of rotatable bonds is 6. The van der Waals surface area contributed by atoms with Gasteiger partial charge in [-0.2, -0.15) is 9.50 Å². The molecule has 7 nitrogen and oxygen atoms in total. The summed E-state index contributed by atoms with van der Waals surface area (Å²) in [5.41, 5.74) is 3.50. The molecule has 0 atom stereocenters. The predicted octanol–water partition coefficient (Wildman–Crippen LogP) is 2.94. The van der Waals surface area contributed by atoms with Crippen LogP contribution in [0.2, 0.25) is 0 Å². The van der Waals surface area contributed by atoms with Crippen LogP contribution >= 0.6 is 0 Å². The first-order chi connectivity index (χ1) is 12.7. The molecular weight excluding hydrogens is 330 g/mol. The smallest absolute Gasteiger partial charge is 0.254 e. The third kappa shape index (κ3) is 2.94. The standard InChI is InChI=1S/C19H23N5O2/c1-4-26-16-9-8-13(10-17(16)25-3)11-20-18-14-6-5-7-15(14)22-19-21-12(2)23-24(18)19/h8-10,20H,4-7,11H2,1-3H3. The van der Waals surface area contributed by atoms with Crippen LogP contribution < -0.4 is 14.8 Å². The Kier molecular flexibility index (Phi) is 4.36. The lowest BCUT2D eigenvalue weighted by molar-refractivity contribution is 0.310. The van der Waals surface area contributed by atoms with Crippen LogP contribution in [0.25, 0.3) is 5.78 Å². The molecule has 0 radical (unpaired) electrons. The van der Waals surface area contributed by atoms with E-state index in [1.807, 2.05) is 36.6 Å². The van der Waals surface area contributed by atoms with E-state index in [0.29, 0.717) is 18.9 Å². The quantitative estimate of drug-likeness (QED) is 0.734.